The van der Waals surface area contributed by atoms with Crippen LogP contribution in [0.25, 0.3) is 0 Å². The molecule has 1 unspecified atom stereocenters. The number of hydrogen-bond acceptors (Lipinski definition) is 3. The molecule has 0 aromatic heterocycles. The van der Waals surface area contributed by atoms with Gasteiger partial charge in [-0.05, 0) is 36.5 Å². The molecule has 1 aliphatic heterocycles. The molecule has 1 aromatic carbocycles. The summed E-state index contributed by atoms with van der Waals surface area (Å²) in [4.78, 5) is 0. The predicted octanol–water partition coefficient (Wildman–Crippen LogP) is 3.15. The molecule has 19 heavy (non-hydrogen) atoms. The fourth-order valence-corrected chi connectivity index (χ4v) is 4.15. The maximum atomic E-state index is 12.4. The Morgan fingerprint density at radius 2 is 2.26 bits per heavy atom. The predicted molar refractivity (Wildman–Crippen MR) is 79.5 cm³/mol. The molecule has 4 heteroatoms. The first-order valence-electron chi connectivity index (χ1n) is 6.91. The van der Waals surface area contributed by atoms with E-state index in [0.717, 1.165) is 30.9 Å². The topological polar surface area (TPSA) is 35.5 Å². The van der Waals surface area contributed by atoms with Gasteiger partial charge in [-0.2, -0.15) is 0 Å². The zero-order chi connectivity index (χ0) is 13.8. The van der Waals surface area contributed by atoms with Gasteiger partial charge < -0.3 is 9.29 Å². The van der Waals surface area contributed by atoms with E-state index in [1.54, 1.807) is 7.11 Å². The third-order valence-corrected chi connectivity index (χ3v) is 5.33. The van der Waals surface area contributed by atoms with Crippen LogP contribution >= 0.6 is 0 Å². The minimum Gasteiger partial charge on any atom is -0.598 e. The second-order valence-corrected chi connectivity index (χ2v) is 6.90. The van der Waals surface area contributed by atoms with E-state index in [0.29, 0.717) is 5.92 Å². The Kier molecular flexibility index (Phi) is 5.13. The first kappa shape index (κ1) is 14.7. The van der Waals surface area contributed by atoms with Crippen LogP contribution < -0.4 is 4.74 Å². The van der Waals surface area contributed by atoms with E-state index < -0.39 is 11.4 Å². The molecule has 3 nitrogen and oxygen atoms in total. The highest BCUT2D eigenvalue weighted by Crippen LogP contribution is 2.35. The van der Waals surface area contributed by atoms with E-state index in [2.05, 4.69) is 30.3 Å². The Balaban J connectivity index is 2.13. The number of methoxy groups -OCH3 is 1. The lowest BCUT2D eigenvalue weighted by Gasteiger charge is -2.27. The highest BCUT2D eigenvalue weighted by Gasteiger charge is 2.35. The molecule has 0 radical (unpaired) electrons. The van der Waals surface area contributed by atoms with Crippen LogP contribution in [0.4, 0.5) is 0 Å². The van der Waals surface area contributed by atoms with Crippen molar-refractivity contribution in [2.45, 2.75) is 32.7 Å². The lowest BCUT2D eigenvalue weighted by atomic mass is 10.1. The van der Waals surface area contributed by atoms with Gasteiger partial charge in [-0.15, -0.1) is 4.31 Å². The molecule has 1 fully saturated rings. The number of ether oxygens (including phenoxy) is 1. The van der Waals surface area contributed by atoms with Crippen LogP contribution in [-0.4, -0.2) is 28.3 Å². The van der Waals surface area contributed by atoms with Crippen LogP contribution in [0.1, 0.15) is 38.3 Å². The highest BCUT2D eigenvalue weighted by molar-refractivity contribution is 7.89. The monoisotopic (exact) mass is 281 g/mol. The number of benzene rings is 1. The van der Waals surface area contributed by atoms with Crippen molar-refractivity contribution in [2.75, 3.05) is 19.4 Å². The largest absolute Gasteiger partial charge is 0.598 e. The van der Waals surface area contributed by atoms with E-state index in [1.807, 2.05) is 12.1 Å². The molecule has 1 saturated heterocycles. The normalized spacial score (nSPS) is 21.8. The molecule has 1 heterocycles. The third kappa shape index (κ3) is 3.65. The summed E-state index contributed by atoms with van der Waals surface area (Å²) < 4.78 is 19.8. The smallest absolute Gasteiger partial charge is 0.128 e. The number of nitrogens with zero attached hydrogens (tertiary/aromatic N) is 1. The fourth-order valence-electron chi connectivity index (χ4n) is 2.55. The average Bonchev–Trinajstić information content (AvgIpc) is 2.87. The minimum absolute atomic E-state index is 0.273. The van der Waals surface area contributed by atoms with Crippen LogP contribution in [-0.2, 0) is 11.4 Å². The molecule has 0 bridgehead atoms. The Morgan fingerprint density at radius 3 is 2.95 bits per heavy atom. The molecule has 0 spiro atoms. The number of hydrogen-bond donors (Lipinski definition) is 0. The van der Waals surface area contributed by atoms with Crippen molar-refractivity contribution in [3.63, 3.8) is 0 Å². The quantitative estimate of drug-likeness (QED) is 0.778. The van der Waals surface area contributed by atoms with E-state index in [1.165, 1.54) is 5.56 Å². The Morgan fingerprint density at radius 1 is 1.47 bits per heavy atom. The summed E-state index contributed by atoms with van der Waals surface area (Å²) in [5.41, 5.74) is 1.22. The summed E-state index contributed by atoms with van der Waals surface area (Å²) in [5.74, 6) is 2.09. The molecular weight excluding hydrogens is 258 g/mol. The SMILES string of the molecule is COc1cccc([C@H]2CCCN2[S+]([O-])CC(C)C)c1. The van der Waals surface area contributed by atoms with Crippen molar-refractivity contribution in [3.05, 3.63) is 29.8 Å². The van der Waals surface area contributed by atoms with Crippen LogP contribution in [0.15, 0.2) is 24.3 Å². The maximum Gasteiger partial charge on any atom is 0.128 e. The highest BCUT2D eigenvalue weighted by atomic mass is 32.2. The van der Waals surface area contributed by atoms with Crippen LogP contribution in [0.2, 0.25) is 0 Å². The van der Waals surface area contributed by atoms with Gasteiger partial charge in [-0.1, -0.05) is 26.0 Å². The Labute approximate surface area is 119 Å². The Bertz CT molecular complexity index is 411. The van der Waals surface area contributed by atoms with E-state index >= 15 is 0 Å². The van der Waals surface area contributed by atoms with Gasteiger partial charge in [0.25, 0.3) is 0 Å². The lowest BCUT2D eigenvalue weighted by Crippen LogP contribution is -2.34. The zero-order valence-corrected chi connectivity index (χ0v) is 12.8. The molecule has 0 N–H and O–H groups in total. The fraction of sp³-hybridized carbons (Fsp3) is 0.600. The summed E-state index contributed by atoms with van der Waals surface area (Å²) in [6, 6.07) is 8.41. The second kappa shape index (κ2) is 6.64. The molecule has 106 valence electrons. The van der Waals surface area contributed by atoms with E-state index in [-0.39, 0.29) is 6.04 Å². The van der Waals surface area contributed by atoms with E-state index in [4.69, 9.17) is 4.74 Å². The standard InChI is InChI=1S/C15H23NO2S/c1-12(2)11-19(17)16-9-5-8-15(16)13-6-4-7-14(10-13)18-3/h4,6-7,10,12,15H,5,8-9,11H2,1-3H3/t15-,19?/m1/s1. The molecule has 2 atom stereocenters. The zero-order valence-electron chi connectivity index (χ0n) is 12.0. The van der Waals surface area contributed by atoms with Gasteiger partial charge in [0.1, 0.15) is 11.5 Å². The molecule has 0 aliphatic carbocycles. The third-order valence-electron chi connectivity index (χ3n) is 3.42. The first-order valence-corrected chi connectivity index (χ1v) is 8.18. The summed E-state index contributed by atoms with van der Waals surface area (Å²) >= 11 is -0.872. The van der Waals surface area contributed by atoms with Crippen LogP contribution in [0.5, 0.6) is 5.75 Å². The molecule has 0 amide bonds. The minimum atomic E-state index is -0.872. The maximum absolute atomic E-state index is 12.4. The van der Waals surface area contributed by atoms with Gasteiger partial charge in [-0.25, -0.2) is 0 Å². The van der Waals surface area contributed by atoms with Gasteiger partial charge >= 0.3 is 0 Å². The number of rotatable bonds is 5. The van der Waals surface area contributed by atoms with Gasteiger partial charge in [0, 0.05) is 17.9 Å². The lowest BCUT2D eigenvalue weighted by molar-refractivity contribution is 0.387. The van der Waals surface area contributed by atoms with Crippen molar-refractivity contribution in [2.24, 2.45) is 5.92 Å². The van der Waals surface area contributed by atoms with Gasteiger partial charge in [0.05, 0.1) is 13.2 Å². The molecule has 1 aromatic rings. The summed E-state index contributed by atoms with van der Waals surface area (Å²) in [5, 5.41) is 0. The van der Waals surface area contributed by atoms with Crippen molar-refractivity contribution in [3.8, 4) is 5.75 Å². The van der Waals surface area contributed by atoms with Crippen LogP contribution in [0.3, 0.4) is 0 Å². The molecule has 1 aliphatic rings. The summed E-state index contributed by atoms with van der Waals surface area (Å²) in [6.45, 7) is 5.17. The first-order chi connectivity index (χ1) is 9.11. The van der Waals surface area contributed by atoms with Crippen molar-refractivity contribution >= 4 is 11.4 Å². The van der Waals surface area contributed by atoms with Gasteiger partial charge in [-0.3, -0.25) is 0 Å². The van der Waals surface area contributed by atoms with Gasteiger partial charge in [0.15, 0.2) is 0 Å². The molecular formula is C15H23NO2S. The Hall–Kier alpha value is -0.710. The van der Waals surface area contributed by atoms with Crippen LogP contribution in [0, 0.1) is 5.92 Å². The second-order valence-electron chi connectivity index (χ2n) is 5.46. The van der Waals surface area contributed by atoms with E-state index in [9.17, 15) is 4.55 Å². The summed E-state index contributed by atoms with van der Waals surface area (Å²) in [7, 11) is 1.68. The van der Waals surface area contributed by atoms with Crippen molar-refractivity contribution in [1.82, 2.24) is 4.31 Å². The average molecular weight is 281 g/mol. The molecule has 2 rings (SSSR count). The van der Waals surface area contributed by atoms with Crippen molar-refractivity contribution in [1.29, 1.82) is 0 Å². The van der Waals surface area contributed by atoms with Gasteiger partial charge in [0.2, 0.25) is 0 Å². The summed E-state index contributed by atoms with van der Waals surface area (Å²) in [6.07, 6.45) is 2.20. The van der Waals surface area contributed by atoms with Crippen molar-refractivity contribution < 1.29 is 9.29 Å². The molecule has 0 saturated carbocycles.